The zero-order valence-electron chi connectivity index (χ0n) is 13.6. The summed E-state index contributed by atoms with van der Waals surface area (Å²) < 4.78 is 5.26. The number of hydrogen-bond donors (Lipinski definition) is 1. The van der Waals surface area contributed by atoms with Crippen LogP contribution in [0.15, 0.2) is 18.2 Å². The molecule has 1 heterocycles. The fourth-order valence-corrected chi connectivity index (χ4v) is 2.83. The van der Waals surface area contributed by atoms with Crippen LogP contribution in [-0.2, 0) is 0 Å². The zero-order valence-corrected chi connectivity index (χ0v) is 13.6. The maximum atomic E-state index is 12.8. The molecule has 126 valence electrons. The van der Waals surface area contributed by atoms with Gasteiger partial charge in [0.05, 0.1) is 11.5 Å². The lowest BCUT2D eigenvalue weighted by molar-refractivity contribution is -0.385. The van der Waals surface area contributed by atoms with Crippen LogP contribution in [-0.4, -0.2) is 48.0 Å². The lowest BCUT2D eigenvalue weighted by Crippen LogP contribution is -2.42. The Hall–Kier alpha value is -2.15. The number of carbonyl (C=O) groups is 1. The number of amides is 1. The highest BCUT2D eigenvalue weighted by Crippen LogP contribution is 2.29. The molecule has 1 saturated heterocycles. The Morgan fingerprint density at radius 3 is 2.83 bits per heavy atom. The van der Waals surface area contributed by atoms with E-state index >= 15 is 0 Å². The molecule has 1 aromatic rings. The van der Waals surface area contributed by atoms with Gasteiger partial charge in [-0.1, -0.05) is 6.92 Å². The Bertz CT molecular complexity index is 570. The molecule has 1 aromatic carbocycles. The monoisotopic (exact) mass is 321 g/mol. The Morgan fingerprint density at radius 1 is 1.48 bits per heavy atom. The fourth-order valence-electron chi connectivity index (χ4n) is 2.83. The van der Waals surface area contributed by atoms with E-state index in [1.165, 1.54) is 12.1 Å². The van der Waals surface area contributed by atoms with Gasteiger partial charge in [0.2, 0.25) is 0 Å². The van der Waals surface area contributed by atoms with Gasteiger partial charge in [-0.15, -0.1) is 0 Å². The van der Waals surface area contributed by atoms with Gasteiger partial charge >= 0.3 is 5.69 Å². The molecule has 7 nitrogen and oxygen atoms in total. The predicted octanol–water partition coefficient (Wildman–Crippen LogP) is 2.21. The number of nitro groups is 1. The molecule has 7 heteroatoms. The van der Waals surface area contributed by atoms with Crippen LogP contribution in [0.5, 0.6) is 5.75 Å². The summed E-state index contributed by atoms with van der Waals surface area (Å²) in [6.45, 7) is 6.42. The molecule has 1 aliphatic heterocycles. The van der Waals surface area contributed by atoms with Crippen LogP contribution >= 0.6 is 0 Å². The van der Waals surface area contributed by atoms with Gasteiger partial charge in [0.25, 0.3) is 5.91 Å². The van der Waals surface area contributed by atoms with Crippen molar-refractivity contribution in [3.05, 3.63) is 33.9 Å². The second-order valence-corrected chi connectivity index (χ2v) is 5.52. The molecule has 0 radical (unpaired) electrons. The topological polar surface area (TPSA) is 84.7 Å². The molecule has 1 atom stereocenters. The molecule has 0 aromatic heterocycles. The first-order valence-electron chi connectivity index (χ1n) is 8.01. The Balaban J connectivity index is 2.29. The quantitative estimate of drug-likeness (QED) is 0.615. The average molecular weight is 321 g/mol. The van der Waals surface area contributed by atoms with Gasteiger partial charge in [0, 0.05) is 30.8 Å². The van der Waals surface area contributed by atoms with Crippen LogP contribution in [0.3, 0.4) is 0 Å². The number of benzene rings is 1. The van der Waals surface area contributed by atoms with Gasteiger partial charge in [0.15, 0.2) is 5.75 Å². The third kappa shape index (κ3) is 3.98. The number of ether oxygens (including phenoxy) is 1. The average Bonchev–Trinajstić information content (AvgIpc) is 3.06. The SMILES string of the molecule is CCCN(C(=O)c1ccc(OCC)c([N+](=O)[O-])c1)C1CCNC1. The Kier molecular flexibility index (Phi) is 5.92. The summed E-state index contributed by atoms with van der Waals surface area (Å²) in [6.07, 6.45) is 1.76. The van der Waals surface area contributed by atoms with Crippen LogP contribution in [0, 0.1) is 10.1 Å². The number of nitrogens with zero attached hydrogens (tertiary/aromatic N) is 2. The second kappa shape index (κ2) is 7.92. The van der Waals surface area contributed by atoms with Crippen LogP contribution in [0.25, 0.3) is 0 Å². The first-order chi connectivity index (χ1) is 11.1. The van der Waals surface area contributed by atoms with E-state index in [0.717, 1.165) is 25.9 Å². The Morgan fingerprint density at radius 2 is 2.26 bits per heavy atom. The van der Waals surface area contributed by atoms with Crippen LogP contribution < -0.4 is 10.1 Å². The molecule has 1 N–H and O–H groups in total. The number of rotatable bonds is 7. The van der Waals surface area contributed by atoms with E-state index in [4.69, 9.17) is 4.74 Å². The molecular formula is C16H23N3O4. The summed E-state index contributed by atoms with van der Waals surface area (Å²) in [5.74, 6) is 0.0327. The number of nitrogens with one attached hydrogen (secondary N) is 1. The van der Waals surface area contributed by atoms with E-state index in [0.29, 0.717) is 18.7 Å². The summed E-state index contributed by atoms with van der Waals surface area (Å²) in [6, 6.07) is 4.57. The lowest BCUT2D eigenvalue weighted by Gasteiger charge is -2.28. The maximum Gasteiger partial charge on any atom is 0.311 e. The molecule has 0 aliphatic carbocycles. The normalized spacial score (nSPS) is 17.0. The molecule has 2 rings (SSSR count). The molecule has 23 heavy (non-hydrogen) atoms. The molecule has 0 bridgehead atoms. The molecule has 1 aliphatic rings. The summed E-state index contributed by atoms with van der Waals surface area (Å²) in [5, 5.41) is 14.5. The van der Waals surface area contributed by atoms with E-state index in [-0.39, 0.29) is 23.4 Å². The highest BCUT2D eigenvalue weighted by molar-refractivity contribution is 5.95. The summed E-state index contributed by atoms with van der Waals surface area (Å²) in [4.78, 5) is 25.3. The van der Waals surface area contributed by atoms with E-state index in [9.17, 15) is 14.9 Å². The third-order valence-corrected chi connectivity index (χ3v) is 3.90. The second-order valence-electron chi connectivity index (χ2n) is 5.52. The van der Waals surface area contributed by atoms with Crippen molar-refractivity contribution in [1.82, 2.24) is 10.2 Å². The minimum Gasteiger partial charge on any atom is -0.487 e. The smallest absolute Gasteiger partial charge is 0.311 e. The van der Waals surface area contributed by atoms with Crippen molar-refractivity contribution in [2.75, 3.05) is 26.2 Å². The standard InChI is InChI=1S/C16H23N3O4/c1-3-9-18(13-7-8-17-11-13)16(20)12-5-6-15(23-4-2)14(10-12)19(21)22/h5-6,10,13,17H,3-4,7-9,11H2,1-2H3. The highest BCUT2D eigenvalue weighted by Gasteiger charge is 2.28. The molecular weight excluding hydrogens is 298 g/mol. The molecule has 0 spiro atoms. The highest BCUT2D eigenvalue weighted by atomic mass is 16.6. The van der Waals surface area contributed by atoms with Crippen molar-refractivity contribution < 1.29 is 14.5 Å². The lowest BCUT2D eigenvalue weighted by atomic mass is 10.1. The molecule has 1 fully saturated rings. The minimum atomic E-state index is -0.511. The first-order valence-corrected chi connectivity index (χ1v) is 8.01. The van der Waals surface area contributed by atoms with Gasteiger partial charge in [0.1, 0.15) is 0 Å². The number of carbonyl (C=O) groups excluding carboxylic acids is 1. The van der Waals surface area contributed by atoms with Crippen LogP contribution in [0.4, 0.5) is 5.69 Å². The van der Waals surface area contributed by atoms with Crippen molar-refractivity contribution in [1.29, 1.82) is 0 Å². The largest absolute Gasteiger partial charge is 0.487 e. The van der Waals surface area contributed by atoms with E-state index in [1.54, 1.807) is 13.0 Å². The van der Waals surface area contributed by atoms with Crippen molar-refractivity contribution in [2.45, 2.75) is 32.7 Å². The van der Waals surface area contributed by atoms with Gasteiger partial charge < -0.3 is 15.0 Å². The first kappa shape index (κ1) is 17.2. The van der Waals surface area contributed by atoms with E-state index in [1.807, 2.05) is 11.8 Å². The number of nitro benzene ring substituents is 1. The molecule has 1 amide bonds. The van der Waals surface area contributed by atoms with Crippen molar-refractivity contribution in [3.8, 4) is 5.75 Å². The van der Waals surface area contributed by atoms with E-state index < -0.39 is 4.92 Å². The van der Waals surface area contributed by atoms with Gasteiger partial charge in [-0.3, -0.25) is 14.9 Å². The zero-order chi connectivity index (χ0) is 16.8. The van der Waals surface area contributed by atoms with Gasteiger partial charge in [-0.25, -0.2) is 0 Å². The van der Waals surface area contributed by atoms with Crippen molar-refractivity contribution >= 4 is 11.6 Å². The predicted molar refractivity (Wildman–Crippen MR) is 86.9 cm³/mol. The third-order valence-electron chi connectivity index (χ3n) is 3.90. The van der Waals surface area contributed by atoms with Crippen molar-refractivity contribution in [3.63, 3.8) is 0 Å². The van der Waals surface area contributed by atoms with Crippen LogP contribution in [0.1, 0.15) is 37.0 Å². The van der Waals surface area contributed by atoms with Crippen molar-refractivity contribution in [2.24, 2.45) is 0 Å². The van der Waals surface area contributed by atoms with E-state index in [2.05, 4.69) is 5.32 Å². The maximum absolute atomic E-state index is 12.8. The Labute approximate surface area is 135 Å². The summed E-state index contributed by atoms with van der Waals surface area (Å²) >= 11 is 0. The van der Waals surface area contributed by atoms with Crippen LogP contribution in [0.2, 0.25) is 0 Å². The molecule has 1 unspecified atom stereocenters. The summed E-state index contributed by atoms with van der Waals surface area (Å²) in [5.41, 5.74) is 0.166. The fraction of sp³-hybridized carbons (Fsp3) is 0.562. The molecule has 0 saturated carbocycles. The number of hydrogen-bond acceptors (Lipinski definition) is 5. The van der Waals surface area contributed by atoms with Gasteiger partial charge in [-0.2, -0.15) is 0 Å². The minimum absolute atomic E-state index is 0.146. The summed E-state index contributed by atoms with van der Waals surface area (Å²) in [7, 11) is 0. The van der Waals surface area contributed by atoms with Gasteiger partial charge in [-0.05, 0) is 38.4 Å².